The number of benzene rings is 1. The van der Waals surface area contributed by atoms with Crippen LogP contribution in [0.2, 0.25) is 0 Å². The molecule has 8 nitrogen and oxygen atoms in total. The van der Waals surface area contributed by atoms with Crippen LogP contribution in [0.5, 0.6) is 0 Å². The molecule has 4 unspecified atom stereocenters. The molecule has 2 heterocycles. The Balaban J connectivity index is 1.63. The van der Waals surface area contributed by atoms with Gasteiger partial charge in [-0.15, -0.1) is 0 Å². The summed E-state index contributed by atoms with van der Waals surface area (Å²) in [5.74, 6) is -1.04. The molecule has 5 rings (SSSR count). The van der Waals surface area contributed by atoms with Gasteiger partial charge in [0.15, 0.2) is 11.4 Å². The highest BCUT2D eigenvalue weighted by molar-refractivity contribution is 6.24. The maximum Gasteiger partial charge on any atom is 0.270 e. The first-order valence-electron chi connectivity index (χ1n) is 7.66. The lowest BCUT2D eigenvalue weighted by atomic mass is 9.85. The number of rotatable bonds is 2. The van der Waals surface area contributed by atoms with Gasteiger partial charge in [-0.25, -0.2) is 4.90 Å². The van der Waals surface area contributed by atoms with E-state index in [1.807, 2.05) is 12.2 Å². The number of nitro benzene ring substituents is 1. The molecule has 0 N–H and O–H groups in total. The molecule has 2 aromatic rings. The number of aromatic nitrogens is 1. The first kappa shape index (κ1) is 13.4. The predicted molar refractivity (Wildman–Crippen MR) is 80.9 cm³/mol. The Hall–Kier alpha value is -3.03. The molecule has 0 spiro atoms. The molecule has 120 valence electrons. The minimum absolute atomic E-state index is 0.0532. The fourth-order valence-corrected chi connectivity index (χ4v) is 4.30. The van der Waals surface area contributed by atoms with E-state index in [4.69, 9.17) is 4.52 Å². The molecule has 2 amide bonds. The van der Waals surface area contributed by atoms with Crippen molar-refractivity contribution in [2.24, 2.45) is 23.7 Å². The number of imide groups is 1. The van der Waals surface area contributed by atoms with E-state index < -0.39 is 4.92 Å². The molecular weight excluding hydrogens is 314 g/mol. The zero-order valence-electron chi connectivity index (χ0n) is 12.3. The van der Waals surface area contributed by atoms with Gasteiger partial charge in [-0.2, -0.15) is 0 Å². The van der Waals surface area contributed by atoms with E-state index in [1.54, 1.807) is 0 Å². The van der Waals surface area contributed by atoms with Crippen LogP contribution in [0, 0.1) is 33.8 Å². The second kappa shape index (κ2) is 4.28. The minimum atomic E-state index is -0.539. The Morgan fingerprint density at radius 2 is 1.83 bits per heavy atom. The van der Waals surface area contributed by atoms with Gasteiger partial charge in [-0.05, 0) is 24.3 Å². The van der Waals surface area contributed by atoms with Crippen molar-refractivity contribution in [1.29, 1.82) is 0 Å². The second-order valence-electron chi connectivity index (χ2n) is 6.46. The topological polar surface area (TPSA) is 107 Å². The van der Waals surface area contributed by atoms with Gasteiger partial charge >= 0.3 is 0 Å². The summed E-state index contributed by atoms with van der Waals surface area (Å²) in [7, 11) is 0. The second-order valence-corrected chi connectivity index (χ2v) is 6.46. The molecule has 1 aromatic carbocycles. The van der Waals surface area contributed by atoms with Gasteiger partial charge in [-0.1, -0.05) is 17.3 Å². The summed E-state index contributed by atoms with van der Waals surface area (Å²) in [6.45, 7) is 0. The van der Waals surface area contributed by atoms with Gasteiger partial charge in [0.2, 0.25) is 11.8 Å². The number of carbonyl (C=O) groups excluding carboxylic acids is 2. The van der Waals surface area contributed by atoms with Crippen LogP contribution >= 0.6 is 0 Å². The third-order valence-corrected chi connectivity index (χ3v) is 5.33. The molecule has 24 heavy (non-hydrogen) atoms. The number of hydrogen-bond acceptors (Lipinski definition) is 6. The third kappa shape index (κ3) is 1.50. The standard InChI is InChI=1S/C16H11N3O5/c20-15-12-7-1-2-8(5-7)13(12)16(21)18(15)14-10-6-9(19(22)23)3-4-11(10)24-17-14/h1-4,6-8,12-13H,5H2. The number of fused-ring (bicyclic) bond motifs is 6. The van der Waals surface area contributed by atoms with E-state index in [2.05, 4.69) is 5.16 Å². The Kier molecular flexibility index (Phi) is 2.39. The smallest absolute Gasteiger partial charge is 0.270 e. The highest BCUT2D eigenvalue weighted by Gasteiger charge is 2.60. The lowest BCUT2D eigenvalue weighted by molar-refractivity contribution is -0.384. The Labute approximate surface area is 134 Å². The number of hydrogen-bond donors (Lipinski definition) is 0. The minimum Gasteiger partial charge on any atom is -0.354 e. The number of nitro groups is 1. The summed E-state index contributed by atoms with van der Waals surface area (Å²) in [5.41, 5.74) is 0.155. The fraction of sp³-hybridized carbons (Fsp3) is 0.312. The first-order chi connectivity index (χ1) is 11.6. The summed E-state index contributed by atoms with van der Waals surface area (Å²) in [6, 6.07) is 3.99. The quantitative estimate of drug-likeness (QED) is 0.362. The summed E-state index contributed by atoms with van der Waals surface area (Å²) in [5, 5.41) is 15.1. The van der Waals surface area contributed by atoms with Gasteiger partial charge in [-0.3, -0.25) is 19.7 Å². The Bertz CT molecular complexity index is 932. The summed E-state index contributed by atoms with van der Waals surface area (Å²) >= 11 is 0. The Morgan fingerprint density at radius 1 is 1.17 bits per heavy atom. The maximum atomic E-state index is 12.8. The van der Waals surface area contributed by atoms with Crippen molar-refractivity contribution in [2.45, 2.75) is 6.42 Å². The van der Waals surface area contributed by atoms with E-state index in [0.717, 1.165) is 11.3 Å². The molecule has 1 aromatic heterocycles. The van der Waals surface area contributed by atoms with Crippen molar-refractivity contribution in [2.75, 3.05) is 4.90 Å². The van der Waals surface area contributed by atoms with E-state index in [0.29, 0.717) is 11.0 Å². The predicted octanol–water partition coefficient (Wildman–Crippen LogP) is 2.05. The van der Waals surface area contributed by atoms with E-state index in [-0.39, 0.29) is 47.0 Å². The zero-order chi connectivity index (χ0) is 16.6. The number of nitrogens with zero attached hydrogens (tertiary/aromatic N) is 3. The van der Waals surface area contributed by atoms with E-state index in [9.17, 15) is 19.7 Å². The average Bonchev–Trinajstić information content (AvgIpc) is 3.30. The molecular formula is C16H11N3O5. The van der Waals surface area contributed by atoms with Gasteiger partial charge in [0, 0.05) is 12.1 Å². The van der Waals surface area contributed by atoms with Crippen molar-refractivity contribution in [1.82, 2.24) is 5.16 Å². The summed E-state index contributed by atoms with van der Waals surface area (Å²) < 4.78 is 5.15. The van der Waals surface area contributed by atoms with E-state index >= 15 is 0 Å². The number of allylic oxidation sites excluding steroid dienone is 2. The van der Waals surface area contributed by atoms with Crippen LogP contribution in [-0.2, 0) is 9.59 Å². The molecule has 3 aliphatic rings. The molecule has 2 bridgehead atoms. The van der Waals surface area contributed by atoms with Crippen LogP contribution in [-0.4, -0.2) is 21.9 Å². The van der Waals surface area contributed by atoms with Crippen LogP contribution in [0.3, 0.4) is 0 Å². The van der Waals surface area contributed by atoms with Crippen LogP contribution in [0.1, 0.15) is 6.42 Å². The summed E-state index contributed by atoms with van der Waals surface area (Å²) in [6.07, 6.45) is 4.85. The van der Waals surface area contributed by atoms with Crippen molar-refractivity contribution in [3.63, 3.8) is 0 Å². The van der Waals surface area contributed by atoms with Gasteiger partial charge in [0.25, 0.3) is 5.69 Å². The van der Waals surface area contributed by atoms with Crippen LogP contribution in [0.4, 0.5) is 11.5 Å². The Morgan fingerprint density at radius 3 is 2.46 bits per heavy atom. The molecule has 1 saturated carbocycles. The molecule has 0 radical (unpaired) electrons. The van der Waals surface area contributed by atoms with Crippen LogP contribution in [0.25, 0.3) is 11.0 Å². The molecule has 4 atom stereocenters. The number of non-ortho nitro benzene ring substituents is 1. The largest absolute Gasteiger partial charge is 0.354 e. The number of carbonyl (C=O) groups is 2. The van der Waals surface area contributed by atoms with E-state index in [1.165, 1.54) is 18.2 Å². The molecule has 1 aliphatic heterocycles. The van der Waals surface area contributed by atoms with Gasteiger partial charge < -0.3 is 4.52 Å². The van der Waals surface area contributed by atoms with Gasteiger partial charge in [0.05, 0.1) is 22.1 Å². The van der Waals surface area contributed by atoms with Crippen molar-refractivity contribution in [3.05, 3.63) is 40.5 Å². The molecule has 2 fully saturated rings. The lowest BCUT2D eigenvalue weighted by Crippen LogP contribution is -2.33. The normalized spacial score (nSPS) is 30.6. The monoisotopic (exact) mass is 325 g/mol. The molecule has 8 heteroatoms. The number of amides is 2. The van der Waals surface area contributed by atoms with Crippen molar-refractivity contribution in [3.8, 4) is 0 Å². The van der Waals surface area contributed by atoms with Crippen molar-refractivity contribution >= 4 is 34.3 Å². The average molecular weight is 325 g/mol. The van der Waals surface area contributed by atoms with Gasteiger partial charge in [0.1, 0.15) is 0 Å². The molecule has 2 aliphatic carbocycles. The maximum absolute atomic E-state index is 12.8. The SMILES string of the molecule is O=C1C2C3C=CC(C3)C2C(=O)N1c1noc2ccc([N+](=O)[O-])cc12. The number of anilines is 1. The van der Waals surface area contributed by atoms with Crippen LogP contribution in [0.15, 0.2) is 34.9 Å². The fourth-order valence-electron chi connectivity index (χ4n) is 4.30. The molecule has 1 saturated heterocycles. The highest BCUT2D eigenvalue weighted by Crippen LogP contribution is 2.53. The third-order valence-electron chi connectivity index (χ3n) is 5.33. The van der Waals surface area contributed by atoms with Crippen LogP contribution < -0.4 is 4.90 Å². The lowest BCUT2D eigenvalue weighted by Gasteiger charge is -2.14. The first-order valence-corrected chi connectivity index (χ1v) is 7.66. The van der Waals surface area contributed by atoms with Crippen molar-refractivity contribution < 1.29 is 19.0 Å². The highest BCUT2D eigenvalue weighted by atomic mass is 16.6. The zero-order valence-corrected chi connectivity index (χ0v) is 12.3. The summed E-state index contributed by atoms with van der Waals surface area (Å²) in [4.78, 5) is 37.1.